The van der Waals surface area contributed by atoms with Crippen LogP contribution in [0.2, 0.25) is 0 Å². The molecule has 4 aliphatic rings. The first-order valence-electron chi connectivity index (χ1n) is 6.97. The van der Waals surface area contributed by atoms with Crippen LogP contribution in [0, 0.1) is 23.2 Å². The molecule has 17 heavy (non-hydrogen) atoms. The molecule has 5 atom stereocenters. The highest BCUT2D eigenvalue weighted by Crippen LogP contribution is 2.75. The van der Waals surface area contributed by atoms with Crippen molar-refractivity contribution in [2.75, 3.05) is 0 Å². The van der Waals surface area contributed by atoms with Gasteiger partial charge in [-0.05, 0) is 55.4 Å². The normalized spacial score (nSPS) is 58.5. The van der Waals surface area contributed by atoms with Crippen molar-refractivity contribution in [2.24, 2.45) is 23.2 Å². The SMILES string of the molecule is C=C1CCC2C(C3C4(C)CCC13OO4)C2(C)C. The smallest absolute Gasteiger partial charge is 0.130 e. The molecule has 0 aromatic heterocycles. The highest BCUT2D eigenvalue weighted by Gasteiger charge is 2.76. The van der Waals surface area contributed by atoms with Crippen LogP contribution in [0.1, 0.15) is 46.5 Å². The van der Waals surface area contributed by atoms with Gasteiger partial charge in [-0.3, -0.25) is 0 Å². The van der Waals surface area contributed by atoms with Crippen LogP contribution in [0.5, 0.6) is 0 Å². The Morgan fingerprint density at radius 3 is 2.59 bits per heavy atom. The monoisotopic (exact) mass is 234 g/mol. The summed E-state index contributed by atoms with van der Waals surface area (Å²) in [5, 5.41) is 0. The summed E-state index contributed by atoms with van der Waals surface area (Å²) in [5.41, 5.74) is 1.59. The van der Waals surface area contributed by atoms with Crippen LogP contribution in [-0.4, -0.2) is 11.2 Å². The Labute approximate surface area is 103 Å². The molecule has 94 valence electrons. The van der Waals surface area contributed by atoms with Crippen molar-refractivity contribution in [3.8, 4) is 0 Å². The van der Waals surface area contributed by atoms with E-state index in [0.29, 0.717) is 11.3 Å². The predicted octanol–water partition coefficient (Wildman–Crippen LogP) is 3.48. The van der Waals surface area contributed by atoms with Crippen molar-refractivity contribution in [3.63, 3.8) is 0 Å². The molecular formula is C15H22O2. The first-order valence-corrected chi connectivity index (χ1v) is 6.97. The lowest BCUT2D eigenvalue weighted by Gasteiger charge is -2.31. The second-order valence-electron chi connectivity index (χ2n) is 7.44. The van der Waals surface area contributed by atoms with Gasteiger partial charge in [-0.1, -0.05) is 20.4 Å². The quantitative estimate of drug-likeness (QED) is 0.472. The fraction of sp³-hybridized carbons (Fsp3) is 0.867. The molecule has 1 saturated heterocycles. The summed E-state index contributed by atoms with van der Waals surface area (Å²) in [7, 11) is 0. The molecule has 0 N–H and O–H groups in total. The zero-order valence-corrected chi connectivity index (χ0v) is 11.1. The molecule has 0 spiro atoms. The Hall–Kier alpha value is -0.340. The summed E-state index contributed by atoms with van der Waals surface area (Å²) < 4.78 is 0. The number of fused-ring (bicyclic) bond motifs is 1. The minimum absolute atomic E-state index is 0.0516. The van der Waals surface area contributed by atoms with Crippen molar-refractivity contribution in [3.05, 3.63) is 12.2 Å². The van der Waals surface area contributed by atoms with Crippen molar-refractivity contribution in [1.29, 1.82) is 0 Å². The minimum Gasteiger partial charge on any atom is -0.229 e. The maximum Gasteiger partial charge on any atom is 0.130 e. The van der Waals surface area contributed by atoms with Crippen molar-refractivity contribution in [2.45, 2.75) is 57.7 Å². The highest BCUT2D eigenvalue weighted by molar-refractivity contribution is 5.32. The van der Waals surface area contributed by atoms with E-state index < -0.39 is 0 Å². The van der Waals surface area contributed by atoms with Gasteiger partial charge in [-0.15, -0.1) is 0 Å². The molecule has 0 aromatic carbocycles. The third kappa shape index (κ3) is 0.978. The molecule has 1 aliphatic heterocycles. The first-order chi connectivity index (χ1) is 7.92. The molecule has 3 aliphatic carbocycles. The number of rotatable bonds is 0. The maximum atomic E-state index is 5.83. The van der Waals surface area contributed by atoms with E-state index in [-0.39, 0.29) is 11.2 Å². The molecule has 0 amide bonds. The predicted molar refractivity (Wildman–Crippen MR) is 65.2 cm³/mol. The van der Waals surface area contributed by atoms with Crippen LogP contribution in [0.4, 0.5) is 0 Å². The van der Waals surface area contributed by atoms with Crippen molar-refractivity contribution in [1.82, 2.24) is 0 Å². The van der Waals surface area contributed by atoms with Crippen LogP contribution >= 0.6 is 0 Å². The standard InChI is InChI=1S/C15H22O2/c1-9-5-6-10-11(13(10,2)3)12-14(4)7-8-15(9,12)17-16-14/h10-12H,1,5-8H2,2-4H3. The molecule has 0 aromatic rings. The van der Waals surface area contributed by atoms with Crippen LogP contribution in [0.25, 0.3) is 0 Å². The van der Waals surface area contributed by atoms with E-state index >= 15 is 0 Å². The summed E-state index contributed by atoms with van der Waals surface area (Å²) in [6, 6.07) is 0. The van der Waals surface area contributed by atoms with Crippen LogP contribution in [0.3, 0.4) is 0 Å². The third-order valence-corrected chi connectivity index (χ3v) is 6.39. The topological polar surface area (TPSA) is 18.5 Å². The number of hydrogen-bond donors (Lipinski definition) is 0. The molecule has 0 radical (unpaired) electrons. The van der Waals surface area contributed by atoms with Gasteiger partial charge in [0.05, 0.1) is 0 Å². The Morgan fingerprint density at radius 2 is 1.94 bits per heavy atom. The van der Waals surface area contributed by atoms with Gasteiger partial charge >= 0.3 is 0 Å². The Bertz CT molecular complexity index is 401. The maximum absolute atomic E-state index is 5.83. The average molecular weight is 234 g/mol. The molecule has 2 nitrogen and oxygen atoms in total. The number of hydrogen-bond acceptors (Lipinski definition) is 2. The molecule has 2 heteroatoms. The van der Waals surface area contributed by atoms with E-state index in [9.17, 15) is 0 Å². The van der Waals surface area contributed by atoms with Gasteiger partial charge in [0.25, 0.3) is 0 Å². The molecular weight excluding hydrogens is 212 g/mol. The van der Waals surface area contributed by atoms with Gasteiger partial charge in [0.1, 0.15) is 11.2 Å². The van der Waals surface area contributed by atoms with E-state index in [0.717, 1.165) is 31.1 Å². The summed E-state index contributed by atoms with van der Waals surface area (Å²) in [4.78, 5) is 11.6. The van der Waals surface area contributed by atoms with Crippen molar-refractivity contribution < 1.29 is 9.78 Å². The van der Waals surface area contributed by atoms with Crippen LogP contribution in [0.15, 0.2) is 12.2 Å². The lowest BCUT2D eigenvalue weighted by molar-refractivity contribution is -0.362. The summed E-state index contributed by atoms with van der Waals surface area (Å²) in [5.74, 6) is 2.18. The zero-order valence-electron chi connectivity index (χ0n) is 11.1. The zero-order chi connectivity index (χ0) is 12.1. The highest BCUT2D eigenvalue weighted by atomic mass is 17.2. The third-order valence-electron chi connectivity index (χ3n) is 6.39. The fourth-order valence-corrected chi connectivity index (χ4v) is 5.26. The van der Waals surface area contributed by atoms with Gasteiger partial charge in [0.2, 0.25) is 0 Å². The summed E-state index contributed by atoms with van der Waals surface area (Å²) >= 11 is 0. The molecule has 1 heterocycles. The fourth-order valence-electron chi connectivity index (χ4n) is 5.26. The minimum atomic E-state index is -0.137. The van der Waals surface area contributed by atoms with Crippen LogP contribution in [-0.2, 0) is 9.78 Å². The van der Waals surface area contributed by atoms with E-state index in [1.807, 2.05) is 0 Å². The van der Waals surface area contributed by atoms with Gasteiger partial charge in [0.15, 0.2) is 0 Å². The van der Waals surface area contributed by atoms with E-state index in [1.54, 1.807) is 0 Å². The second-order valence-corrected chi connectivity index (χ2v) is 7.44. The van der Waals surface area contributed by atoms with Gasteiger partial charge in [-0.25, -0.2) is 9.78 Å². The summed E-state index contributed by atoms with van der Waals surface area (Å²) in [6.07, 6.45) is 4.68. The molecule has 2 bridgehead atoms. The average Bonchev–Trinajstić information content (AvgIpc) is 2.57. The first kappa shape index (κ1) is 10.6. The van der Waals surface area contributed by atoms with E-state index in [2.05, 4.69) is 27.4 Å². The largest absolute Gasteiger partial charge is 0.229 e. The van der Waals surface area contributed by atoms with Crippen LogP contribution < -0.4 is 0 Å². The van der Waals surface area contributed by atoms with Gasteiger partial charge in [-0.2, -0.15) is 0 Å². The molecule has 3 saturated carbocycles. The summed E-state index contributed by atoms with van der Waals surface area (Å²) in [6.45, 7) is 11.4. The molecule has 4 rings (SSSR count). The lowest BCUT2D eigenvalue weighted by Crippen LogP contribution is -2.38. The Morgan fingerprint density at radius 1 is 1.18 bits per heavy atom. The van der Waals surface area contributed by atoms with Gasteiger partial charge in [0, 0.05) is 5.92 Å². The lowest BCUT2D eigenvalue weighted by atomic mass is 9.75. The second kappa shape index (κ2) is 2.65. The molecule has 4 fully saturated rings. The Balaban J connectivity index is 1.85. The Kier molecular flexibility index (Phi) is 1.65. The van der Waals surface area contributed by atoms with E-state index in [1.165, 1.54) is 12.0 Å². The molecule has 5 unspecified atom stereocenters. The van der Waals surface area contributed by atoms with E-state index in [4.69, 9.17) is 9.78 Å². The van der Waals surface area contributed by atoms with Gasteiger partial charge < -0.3 is 0 Å². The van der Waals surface area contributed by atoms with Crippen molar-refractivity contribution >= 4 is 0 Å².